The molecule has 2 saturated heterocycles. The molecule has 2 fully saturated rings. The van der Waals surface area contributed by atoms with Crippen LogP contribution in [0.3, 0.4) is 0 Å². The van der Waals surface area contributed by atoms with Crippen LogP contribution in [0.1, 0.15) is 12.8 Å². The molecule has 2 aliphatic heterocycles. The lowest BCUT2D eigenvalue weighted by Gasteiger charge is -2.31. The third kappa shape index (κ3) is 1.76. The number of thiocarbonyl (C=S) groups is 1. The highest BCUT2D eigenvalue weighted by atomic mass is 32.1. The molecule has 7 heteroatoms. The standard InChI is InChI=1S/C9H14N4O2S/c10-6(16)5-13-7(14)9(12-8(13)15)1-3-11-4-2-9/h11H,1-5H2,(H2,10,16)(H,12,15). The van der Waals surface area contributed by atoms with Crippen molar-refractivity contribution >= 4 is 29.1 Å². The van der Waals surface area contributed by atoms with Gasteiger partial charge in [0, 0.05) is 0 Å². The quantitative estimate of drug-likeness (QED) is 0.425. The van der Waals surface area contributed by atoms with E-state index < -0.39 is 5.54 Å². The maximum absolute atomic E-state index is 12.1. The van der Waals surface area contributed by atoms with Crippen molar-refractivity contribution in [2.24, 2.45) is 5.73 Å². The van der Waals surface area contributed by atoms with Gasteiger partial charge in [0.15, 0.2) is 0 Å². The third-order valence-electron chi connectivity index (χ3n) is 3.02. The van der Waals surface area contributed by atoms with Crippen LogP contribution in [0.5, 0.6) is 0 Å². The second-order valence-corrected chi connectivity index (χ2v) is 4.64. The van der Waals surface area contributed by atoms with Gasteiger partial charge in [-0.15, -0.1) is 0 Å². The molecule has 0 saturated carbocycles. The number of hydrogen-bond donors (Lipinski definition) is 3. The predicted octanol–water partition coefficient (Wildman–Crippen LogP) is -1.05. The Morgan fingerprint density at radius 1 is 1.44 bits per heavy atom. The highest BCUT2D eigenvalue weighted by Gasteiger charge is 2.51. The van der Waals surface area contributed by atoms with E-state index in [4.69, 9.17) is 18.0 Å². The lowest BCUT2D eigenvalue weighted by Crippen LogP contribution is -2.54. The molecule has 0 aromatic carbocycles. The van der Waals surface area contributed by atoms with Crippen LogP contribution in [0.2, 0.25) is 0 Å². The summed E-state index contributed by atoms with van der Waals surface area (Å²) in [6.45, 7) is 1.48. The van der Waals surface area contributed by atoms with Crippen molar-refractivity contribution in [3.63, 3.8) is 0 Å². The van der Waals surface area contributed by atoms with E-state index in [0.717, 1.165) is 18.0 Å². The molecule has 0 bridgehead atoms. The Kier molecular flexibility index (Phi) is 2.81. The number of urea groups is 1. The molecule has 1 spiro atoms. The number of carbonyl (C=O) groups is 2. The predicted molar refractivity (Wildman–Crippen MR) is 61.9 cm³/mol. The van der Waals surface area contributed by atoms with Crippen molar-refractivity contribution in [3.8, 4) is 0 Å². The van der Waals surface area contributed by atoms with Crippen LogP contribution >= 0.6 is 12.2 Å². The van der Waals surface area contributed by atoms with E-state index in [-0.39, 0.29) is 23.5 Å². The number of imide groups is 1. The molecule has 6 nitrogen and oxygen atoms in total. The smallest absolute Gasteiger partial charge is 0.325 e. The summed E-state index contributed by atoms with van der Waals surface area (Å²) >= 11 is 4.72. The molecule has 0 radical (unpaired) electrons. The minimum atomic E-state index is -0.729. The number of carbonyl (C=O) groups excluding carboxylic acids is 2. The minimum absolute atomic E-state index is 0.0230. The first kappa shape index (κ1) is 11.3. The van der Waals surface area contributed by atoms with E-state index in [0.29, 0.717) is 12.8 Å². The molecule has 88 valence electrons. The Hall–Kier alpha value is -1.21. The number of nitrogens with two attached hydrogens (primary N) is 1. The van der Waals surface area contributed by atoms with Crippen LogP contribution in [0.25, 0.3) is 0 Å². The second kappa shape index (κ2) is 3.99. The van der Waals surface area contributed by atoms with Crippen molar-refractivity contribution in [3.05, 3.63) is 0 Å². The van der Waals surface area contributed by atoms with Gasteiger partial charge in [-0.1, -0.05) is 12.2 Å². The Morgan fingerprint density at radius 2 is 2.06 bits per heavy atom. The number of piperidine rings is 1. The van der Waals surface area contributed by atoms with Crippen molar-refractivity contribution in [2.75, 3.05) is 19.6 Å². The van der Waals surface area contributed by atoms with Crippen LogP contribution in [0.15, 0.2) is 0 Å². The number of nitrogens with one attached hydrogen (secondary N) is 2. The summed E-state index contributed by atoms with van der Waals surface area (Å²) < 4.78 is 0. The molecule has 4 N–H and O–H groups in total. The fourth-order valence-electron chi connectivity index (χ4n) is 2.17. The van der Waals surface area contributed by atoms with E-state index in [2.05, 4.69) is 10.6 Å². The largest absolute Gasteiger partial charge is 0.392 e. The molecular weight excluding hydrogens is 228 g/mol. The zero-order valence-electron chi connectivity index (χ0n) is 8.78. The minimum Gasteiger partial charge on any atom is -0.392 e. The van der Waals surface area contributed by atoms with Gasteiger partial charge >= 0.3 is 6.03 Å². The van der Waals surface area contributed by atoms with Crippen LogP contribution < -0.4 is 16.4 Å². The highest BCUT2D eigenvalue weighted by molar-refractivity contribution is 7.80. The molecule has 0 aliphatic carbocycles. The van der Waals surface area contributed by atoms with Crippen molar-refractivity contribution in [1.29, 1.82) is 0 Å². The molecule has 0 aromatic rings. The monoisotopic (exact) mass is 242 g/mol. The normalized spacial score (nSPS) is 23.6. The zero-order valence-corrected chi connectivity index (χ0v) is 9.60. The van der Waals surface area contributed by atoms with Crippen LogP contribution in [-0.4, -0.2) is 47.0 Å². The molecule has 0 atom stereocenters. The summed E-state index contributed by atoms with van der Waals surface area (Å²) in [5.74, 6) is -0.202. The third-order valence-corrected chi connectivity index (χ3v) is 3.15. The van der Waals surface area contributed by atoms with Gasteiger partial charge in [0.2, 0.25) is 0 Å². The summed E-state index contributed by atoms with van der Waals surface area (Å²) in [7, 11) is 0. The SMILES string of the molecule is NC(=S)CN1C(=O)NC2(CCNCC2)C1=O. The highest BCUT2D eigenvalue weighted by Crippen LogP contribution is 2.26. The average Bonchev–Trinajstić information content (AvgIpc) is 2.44. The lowest BCUT2D eigenvalue weighted by molar-refractivity contribution is -0.131. The second-order valence-electron chi connectivity index (χ2n) is 4.12. The molecule has 3 amide bonds. The van der Waals surface area contributed by atoms with Gasteiger partial charge in [-0.3, -0.25) is 9.69 Å². The van der Waals surface area contributed by atoms with Crippen molar-refractivity contribution in [2.45, 2.75) is 18.4 Å². The maximum atomic E-state index is 12.1. The topological polar surface area (TPSA) is 87.5 Å². The van der Waals surface area contributed by atoms with E-state index in [1.807, 2.05) is 0 Å². The first-order valence-corrected chi connectivity index (χ1v) is 5.59. The van der Waals surface area contributed by atoms with Crippen LogP contribution in [-0.2, 0) is 4.79 Å². The number of amides is 3. The van der Waals surface area contributed by atoms with Gasteiger partial charge in [-0.25, -0.2) is 4.79 Å². The van der Waals surface area contributed by atoms with Gasteiger partial charge in [0.1, 0.15) is 5.54 Å². The van der Waals surface area contributed by atoms with Crippen LogP contribution in [0.4, 0.5) is 4.79 Å². The number of hydrogen-bond acceptors (Lipinski definition) is 4. The first-order valence-electron chi connectivity index (χ1n) is 5.18. The summed E-state index contributed by atoms with van der Waals surface area (Å²) in [6, 6.07) is -0.389. The first-order chi connectivity index (χ1) is 7.55. The average molecular weight is 242 g/mol. The molecule has 0 unspecified atom stereocenters. The van der Waals surface area contributed by atoms with E-state index in [1.165, 1.54) is 0 Å². The Balaban J connectivity index is 2.17. The van der Waals surface area contributed by atoms with E-state index in [9.17, 15) is 9.59 Å². The summed E-state index contributed by atoms with van der Waals surface area (Å²) in [6.07, 6.45) is 1.23. The Bertz CT molecular complexity index is 351. The number of nitrogens with zero attached hydrogens (tertiary/aromatic N) is 1. The van der Waals surface area contributed by atoms with Crippen molar-refractivity contribution < 1.29 is 9.59 Å². The summed E-state index contributed by atoms with van der Waals surface area (Å²) in [4.78, 5) is 25.0. The van der Waals surface area contributed by atoms with Gasteiger partial charge in [-0.2, -0.15) is 0 Å². The molecular formula is C9H14N4O2S. The molecule has 2 aliphatic rings. The fraction of sp³-hybridized carbons (Fsp3) is 0.667. The van der Waals surface area contributed by atoms with E-state index in [1.54, 1.807) is 0 Å². The molecule has 0 aromatic heterocycles. The lowest BCUT2D eigenvalue weighted by atomic mass is 9.88. The molecule has 2 heterocycles. The zero-order chi connectivity index (χ0) is 11.8. The fourth-order valence-corrected chi connectivity index (χ4v) is 2.30. The number of rotatable bonds is 2. The van der Waals surface area contributed by atoms with Gasteiger partial charge in [0.25, 0.3) is 5.91 Å². The van der Waals surface area contributed by atoms with Gasteiger partial charge in [-0.05, 0) is 25.9 Å². The van der Waals surface area contributed by atoms with Gasteiger partial charge in [0.05, 0.1) is 11.5 Å². The maximum Gasteiger partial charge on any atom is 0.325 e. The van der Waals surface area contributed by atoms with E-state index >= 15 is 0 Å². The van der Waals surface area contributed by atoms with Crippen LogP contribution in [0, 0.1) is 0 Å². The summed E-state index contributed by atoms with van der Waals surface area (Å²) in [5, 5.41) is 5.91. The molecule has 2 rings (SSSR count). The van der Waals surface area contributed by atoms with Gasteiger partial charge < -0.3 is 16.4 Å². The van der Waals surface area contributed by atoms with Crippen molar-refractivity contribution in [1.82, 2.24) is 15.5 Å². The molecule has 16 heavy (non-hydrogen) atoms. The Labute approximate surface area is 98.5 Å². The Morgan fingerprint density at radius 3 is 2.62 bits per heavy atom. The summed E-state index contributed by atoms with van der Waals surface area (Å²) in [5.41, 5.74) is 4.63.